The molecule has 0 atom stereocenters. The van der Waals surface area contributed by atoms with Crippen LogP contribution in [0.4, 0.5) is 0 Å². The van der Waals surface area contributed by atoms with E-state index in [0.29, 0.717) is 30.1 Å². The maximum Gasteiger partial charge on any atom is 0.164 e. The summed E-state index contributed by atoms with van der Waals surface area (Å²) in [5.41, 5.74) is 0.666. The Morgan fingerprint density at radius 1 is 1.32 bits per heavy atom. The number of carbonyl (C=O) groups excluding carboxylic acids is 1. The van der Waals surface area contributed by atoms with Crippen molar-refractivity contribution in [3.63, 3.8) is 0 Å². The fourth-order valence-corrected chi connectivity index (χ4v) is 2.04. The van der Waals surface area contributed by atoms with E-state index in [0.717, 1.165) is 5.76 Å². The summed E-state index contributed by atoms with van der Waals surface area (Å²) in [4.78, 5) is 14.1. The second-order valence-corrected chi connectivity index (χ2v) is 4.94. The van der Waals surface area contributed by atoms with Gasteiger partial charge in [0.05, 0.1) is 12.8 Å². The minimum absolute atomic E-state index is 0.105. The Kier molecular flexibility index (Phi) is 4.77. The zero-order valence-corrected chi connectivity index (χ0v) is 11.6. The van der Waals surface area contributed by atoms with Crippen molar-refractivity contribution in [3.8, 4) is 0 Å². The van der Waals surface area contributed by atoms with E-state index in [2.05, 4.69) is 4.90 Å². The highest BCUT2D eigenvalue weighted by atomic mass is 35.5. The molecule has 0 fully saturated rings. The van der Waals surface area contributed by atoms with Crippen LogP contribution in [-0.4, -0.2) is 24.3 Å². The molecule has 0 N–H and O–H groups in total. The van der Waals surface area contributed by atoms with Crippen molar-refractivity contribution in [1.82, 2.24) is 4.90 Å². The number of ketones is 1. The summed E-state index contributed by atoms with van der Waals surface area (Å²) in [7, 11) is 1.97. The van der Waals surface area contributed by atoms with Gasteiger partial charge in [-0.2, -0.15) is 0 Å². The highest BCUT2D eigenvalue weighted by molar-refractivity contribution is 6.31. The second kappa shape index (κ2) is 6.55. The van der Waals surface area contributed by atoms with Gasteiger partial charge in [-0.15, -0.1) is 0 Å². The monoisotopic (exact) mass is 277 g/mol. The van der Waals surface area contributed by atoms with Crippen molar-refractivity contribution in [3.05, 3.63) is 59.0 Å². The Bertz CT molecular complexity index is 537. The first-order valence-electron chi connectivity index (χ1n) is 6.15. The zero-order valence-electron chi connectivity index (χ0n) is 10.8. The molecule has 3 nitrogen and oxygen atoms in total. The fraction of sp³-hybridized carbons (Fsp3) is 0.267. The molecule has 1 heterocycles. The van der Waals surface area contributed by atoms with E-state index in [1.165, 1.54) is 0 Å². The minimum Gasteiger partial charge on any atom is -0.468 e. The first-order valence-corrected chi connectivity index (χ1v) is 6.52. The standard InChI is InChI=1S/C15H16ClNO2/c1-17(11-14-6-3-9-19-14)8-7-15(18)12-4-2-5-13(16)10-12/h2-6,9-10H,7-8,11H2,1H3. The smallest absolute Gasteiger partial charge is 0.164 e. The van der Waals surface area contributed by atoms with E-state index in [9.17, 15) is 4.79 Å². The van der Waals surface area contributed by atoms with E-state index >= 15 is 0 Å². The summed E-state index contributed by atoms with van der Waals surface area (Å²) in [5.74, 6) is 1.01. The zero-order chi connectivity index (χ0) is 13.7. The molecule has 0 amide bonds. The molecule has 0 bridgehead atoms. The first-order chi connectivity index (χ1) is 9.15. The molecule has 0 aliphatic carbocycles. The van der Waals surface area contributed by atoms with Gasteiger partial charge in [0.15, 0.2) is 5.78 Å². The third-order valence-corrected chi connectivity index (χ3v) is 3.11. The number of benzene rings is 1. The number of hydrogen-bond acceptors (Lipinski definition) is 3. The molecule has 1 aromatic carbocycles. The van der Waals surface area contributed by atoms with Gasteiger partial charge in [-0.05, 0) is 31.3 Å². The van der Waals surface area contributed by atoms with E-state index in [4.69, 9.17) is 16.0 Å². The van der Waals surface area contributed by atoms with Crippen LogP contribution in [0.25, 0.3) is 0 Å². The highest BCUT2D eigenvalue weighted by Crippen LogP contribution is 2.13. The lowest BCUT2D eigenvalue weighted by atomic mass is 10.1. The maximum absolute atomic E-state index is 12.0. The number of Topliss-reactive ketones (excluding diaryl/α,β-unsaturated/α-hetero) is 1. The summed E-state index contributed by atoms with van der Waals surface area (Å²) < 4.78 is 5.27. The van der Waals surface area contributed by atoms with Gasteiger partial charge in [0.2, 0.25) is 0 Å². The van der Waals surface area contributed by atoms with Crippen molar-refractivity contribution in [1.29, 1.82) is 0 Å². The van der Waals surface area contributed by atoms with Gasteiger partial charge in [0.25, 0.3) is 0 Å². The van der Waals surface area contributed by atoms with E-state index in [-0.39, 0.29) is 5.78 Å². The van der Waals surface area contributed by atoms with Crippen LogP contribution in [0.3, 0.4) is 0 Å². The van der Waals surface area contributed by atoms with Crippen LogP contribution in [0.5, 0.6) is 0 Å². The summed E-state index contributed by atoms with van der Waals surface area (Å²) >= 11 is 5.87. The van der Waals surface area contributed by atoms with E-state index < -0.39 is 0 Å². The van der Waals surface area contributed by atoms with Crippen molar-refractivity contribution >= 4 is 17.4 Å². The van der Waals surface area contributed by atoms with Crippen molar-refractivity contribution < 1.29 is 9.21 Å². The van der Waals surface area contributed by atoms with Crippen LogP contribution in [0.15, 0.2) is 47.1 Å². The molecule has 4 heteroatoms. The van der Waals surface area contributed by atoms with Crippen LogP contribution in [-0.2, 0) is 6.54 Å². The van der Waals surface area contributed by atoms with Gasteiger partial charge in [-0.25, -0.2) is 0 Å². The number of halogens is 1. The van der Waals surface area contributed by atoms with Gasteiger partial charge in [0, 0.05) is 23.6 Å². The van der Waals surface area contributed by atoms with Crippen LogP contribution in [0.1, 0.15) is 22.5 Å². The van der Waals surface area contributed by atoms with Crippen LogP contribution >= 0.6 is 11.6 Å². The predicted octanol–water partition coefficient (Wildman–Crippen LogP) is 3.64. The molecule has 100 valence electrons. The molecule has 2 rings (SSSR count). The molecule has 0 radical (unpaired) electrons. The number of carbonyl (C=O) groups is 1. The molecular weight excluding hydrogens is 262 g/mol. The molecule has 0 unspecified atom stereocenters. The summed E-state index contributed by atoms with van der Waals surface area (Å²) in [6.45, 7) is 1.39. The molecule has 0 saturated heterocycles. The lowest BCUT2D eigenvalue weighted by Crippen LogP contribution is -2.21. The Morgan fingerprint density at radius 3 is 2.84 bits per heavy atom. The predicted molar refractivity (Wildman–Crippen MR) is 75.4 cm³/mol. The molecule has 0 aliphatic heterocycles. The molecule has 1 aromatic heterocycles. The van der Waals surface area contributed by atoms with Crippen molar-refractivity contribution in [2.75, 3.05) is 13.6 Å². The Balaban J connectivity index is 1.83. The van der Waals surface area contributed by atoms with Gasteiger partial charge in [-0.1, -0.05) is 23.7 Å². The Labute approximate surface area is 117 Å². The normalized spacial score (nSPS) is 10.9. The lowest BCUT2D eigenvalue weighted by Gasteiger charge is -2.14. The number of nitrogens with zero attached hydrogens (tertiary/aromatic N) is 1. The van der Waals surface area contributed by atoms with Crippen LogP contribution < -0.4 is 0 Å². The SMILES string of the molecule is CN(CCC(=O)c1cccc(Cl)c1)Cc1ccco1. The third kappa shape index (κ3) is 4.23. The fourth-order valence-electron chi connectivity index (χ4n) is 1.85. The topological polar surface area (TPSA) is 33.5 Å². The van der Waals surface area contributed by atoms with Crippen LogP contribution in [0.2, 0.25) is 5.02 Å². The molecule has 0 saturated carbocycles. The molecule has 2 aromatic rings. The minimum atomic E-state index is 0.105. The average molecular weight is 278 g/mol. The number of rotatable bonds is 6. The summed E-state index contributed by atoms with van der Waals surface area (Å²) in [6.07, 6.45) is 2.12. The Hall–Kier alpha value is -1.58. The number of hydrogen-bond donors (Lipinski definition) is 0. The van der Waals surface area contributed by atoms with Crippen LogP contribution in [0, 0.1) is 0 Å². The van der Waals surface area contributed by atoms with Crippen molar-refractivity contribution in [2.45, 2.75) is 13.0 Å². The van der Waals surface area contributed by atoms with Gasteiger partial charge in [0.1, 0.15) is 5.76 Å². The van der Waals surface area contributed by atoms with Gasteiger partial charge >= 0.3 is 0 Å². The third-order valence-electron chi connectivity index (χ3n) is 2.87. The maximum atomic E-state index is 12.0. The summed E-state index contributed by atoms with van der Waals surface area (Å²) in [5, 5.41) is 0.592. The molecular formula is C15H16ClNO2. The lowest BCUT2D eigenvalue weighted by molar-refractivity contribution is 0.0966. The largest absolute Gasteiger partial charge is 0.468 e. The highest BCUT2D eigenvalue weighted by Gasteiger charge is 2.09. The van der Waals surface area contributed by atoms with E-state index in [1.54, 1.807) is 30.5 Å². The quantitative estimate of drug-likeness (QED) is 0.756. The van der Waals surface area contributed by atoms with Gasteiger partial charge < -0.3 is 4.42 Å². The molecule has 0 spiro atoms. The Morgan fingerprint density at radius 2 is 2.16 bits per heavy atom. The van der Waals surface area contributed by atoms with E-state index in [1.807, 2.05) is 19.2 Å². The first kappa shape index (κ1) is 13.8. The second-order valence-electron chi connectivity index (χ2n) is 4.50. The number of furan rings is 1. The summed E-state index contributed by atoms with van der Waals surface area (Å²) in [6, 6.07) is 10.8. The van der Waals surface area contributed by atoms with Crippen molar-refractivity contribution in [2.24, 2.45) is 0 Å². The molecule has 19 heavy (non-hydrogen) atoms. The molecule has 0 aliphatic rings. The van der Waals surface area contributed by atoms with Gasteiger partial charge in [-0.3, -0.25) is 9.69 Å². The average Bonchev–Trinajstić information content (AvgIpc) is 2.88.